The molecule has 0 radical (unpaired) electrons. The molecule has 1 saturated carbocycles. The molecule has 21 heavy (non-hydrogen) atoms. The molecule has 1 saturated heterocycles. The second-order valence-corrected chi connectivity index (χ2v) is 6.68. The van der Waals surface area contributed by atoms with Gasteiger partial charge in [0.25, 0.3) is 5.91 Å². The summed E-state index contributed by atoms with van der Waals surface area (Å²) in [5.41, 5.74) is -1.17. The van der Waals surface area contributed by atoms with Gasteiger partial charge in [-0.05, 0) is 33.7 Å². The zero-order chi connectivity index (χ0) is 15.7. The molecule has 2 rings (SSSR count). The summed E-state index contributed by atoms with van der Waals surface area (Å²) >= 11 is 0. The smallest absolute Gasteiger partial charge is 0.252 e. The molecule has 2 fully saturated rings. The van der Waals surface area contributed by atoms with E-state index in [0.29, 0.717) is 6.42 Å². The van der Waals surface area contributed by atoms with Gasteiger partial charge in [0.05, 0.1) is 0 Å². The molecule has 0 aromatic rings. The van der Waals surface area contributed by atoms with Crippen molar-refractivity contribution in [2.24, 2.45) is 0 Å². The van der Waals surface area contributed by atoms with Crippen LogP contribution < -0.4 is 10.6 Å². The average molecular weight is 295 g/mol. The third-order valence-corrected chi connectivity index (χ3v) is 4.92. The second-order valence-electron chi connectivity index (χ2n) is 6.68. The van der Waals surface area contributed by atoms with Crippen LogP contribution in [0.15, 0.2) is 0 Å². The normalized spacial score (nSPS) is 24.6. The lowest BCUT2D eigenvalue weighted by Gasteiger charge is -2.43. The molecule has 0 bridgehead atoms. The minimum absolute atomic E-state index is 0.0443. The molecule has 1 aliphatic carbocycles. The van der Waals surface area contributed by atoms with Gasteiger partial charge in [-0.15, -0.1) is 0 Å². The Bertz CT molecular complexity index is 453. The molecular formula is C15H25N3O3. The largest absolute Gasteiger partial charge is 0.319 e. The van der Waals surface area contributed by atoms with Gasteiger partial charge in [0, 0.05) is 12.0 Å². The molecule has 0 atom stereocenters. The highest BCUT2D eigenvalue weighted by Crippen LogP contribution is 2.32. The number of rotatable bonds is 3. The Kier molecular flexibility index (Phi) is 4.37. The molecule has 118 valence electrons. The molecule has 1 aliphatic heterocycles. The van der Waals surface area contributed by atoms with Crippen LogP contribution in [-0.4, -0.2) is 47.3 Å². The van der Waals surface area contributed by atoms with E-state index in [4.69, 9.17) is 0 Å². The van der Waals surface area contributed by atoms with Gasteiger partial charge in [-0.3, -0.25) is 19.7 Å². The highest BCUT2D eigenvalue weighted by atomic mass is 16.2. The lowest BCUT2D eigenvalue weighted by molar-refractivity contribution is -0.156. The van der Waals surface area contributed by atoms with E-state index in [0.717, 1.165) is 25.7 Å². The first-order chi connectivity index (χ1) is 9.81. The standard InChI is InChI=1S/C15H25N3O3/c1-14(2)13(21)17-11(19)10-18(14)12(20)9-15(16-3)7-5-4-6-8-15/h16H,4-10H2,1-3H3,(H,17,19,21). The fraction of sp³-hybridized carbons (Fsp3) is 0.800. The van der Waals surface area contributed by atoms with Crippen molar-refractivity contribution in [3.63, 3.8) is 0 Å². The molecule has 6 nitrogen and oxygen atoms in total. The predicted octanol–water partition coefficient (Wildman–Crippen LogP) is 0.562. The minimum Gasteiger partial charge on any atom is -0.319 e. The summed E-state index contributed by atoms with van der Waals surface area (Å²) in [6.45, 7) is 3.32. The van der Waals surface area contributed by atoms with Gasteiger partial charge in [0.2, 0.25) is 11.8 Å². The maximum Gasteiger partial charge on any atom is 0.252 e. The number of carbonyl (C=O) groups excluding carboxylic acids is 3. The molecule has 6 heteroatoms. The molecule has 0 spiro atoms. The first-order valence-corrected chi connectivity index (χ1v) is 7.64. The maximum absolute atomic E-state index is 12.7. The number of hydrogen-bond acceptors (Lipinski definition) is 4. The van der Waals surface area contributed by atoms with Crippen LogP contribution in [0.3, 0.4) is 0 Å². The number of nitrogens with one attached hydrogen (secondary N) is 2. The zero-order valence-electron chi connectivity index (χ0n) is 13.1. The van der Waals surface area contributed by atoms with Gasteiger partial charge in [-0.2, -0.15) is 0 Å². The summed E-state index contributed by atoms with van der Waals surface area (Å²) in [5.74, 6) is -0.941. The van der Waals surface area contributed by atoms with E-state index in [-0.39, 0.29) is 18.0 Å². The van der Waals surface area contributed by atoms with E-state index in [2.05, 4.69) is 10.6 Å². The van der Waals surface area contributed by atoms with E-state index in [1.807, 2.05) is 7.05 Å². The number of hydrogen-bond donors (Lipinski definition) is 2. The molecule has 3 amide bonds. The molecule has 0 aromatic heterocycles. The van der Waals surface area contributed by atoms with Crippen LogP contribution in [0.4, 0.5) is 0 Å². The Balaban J connectivity index is 2.14. The van der Waals surface area contributed by atoms with Gasteiger partial charge in [-0.1, -0.05) is 19.3 Å². The number of carbonyl (C=O) groups is 3. The van der Waals surface area contributed by atoms with Gasteiger partial charge in [0.15, 0.2) is 0 Å². The van der Waals surface area contributed by atoms with E-state index < -0.39 is 17.4 Å². The fourth-order valence-corrected chi connectivity index (χ4v) is 3.31. The van der Waals surface area contributed by atoms with E-state index in [1.165, 1.54) is 11.3 Å². The van der Waals surface area contributed by atoms with Crippen LogP contribution in [0.1, 0.15) is 52.4 Å². The summed E-state index contributed by atoms with van der Waals surface area (Å²) in [5, 5.41) is 5.60. The van der Waals surface area contributed by atoms with Crippen molar-refractivity contribution in [1.29, 1.82) is 0 Å². The van der Waals surface area contributed by atoms with Gasteiger partial charge < -0.3 is 10.2 Å². The topological polar surface area (TPSA) is 78.5 Å². The molecule has 2 aliphatic rings. The Hall–Kier alpha value is -1.43. The van der Waals surface area contributed by atoms with E-state index in [9.17, 15) is 14.4 Å². The van der Waals surface area contributed by atoms with Gasteiger partial charge >= 0.3 is 0 Å². The number of imide groups is 1. The third-order valence-electron chi connectivity index (χ3n) is 4.92. The Labute approximate surface area is 125 Å². The molecule has 0 aromatic carbocycles. The first kappa shape index (κ1) is 15.9. The maximum atomic E-state index is 12.7. The summed E-state index contributed by atoms with van der Waals surface area (Å²) in [6.07, 6.45) is 5.68. The summed E-state index contributed by atoms with van der Waals surface area (Å²) in [6, 6.07) is 0. The lowest BCUT2D eigenvalue weighted by Crippen LogP contribution is -2.66. The van der Waals surface area contributed by atoms with Crippen LogP contribution in [0.5, 0.6) is 0 Å². The van der Waals surface area contributed by atoms with Gasteiger partial charge in [0.1, 0.15) is 12.1 Å². The molecule has 1 heterocycles. The van der Waals surface area contributed by atoms with Crippen LogP contribution in [0.2, 0.25) is 0 Å². The highest BCUT2D eigenvalue weighted by molar-refractivity contribution is 6.06. The third kappa shape index (κ3) is 3.10. The Morgan fingerprint density at radius 1 is 1.24 bits per heavy atom. The lowest BCUT2D eigenvalue weighted by atomic mass is 9.78. The van der Waals surface area contributed by atoms with Crippen LogP contribution >= 0.6 is 0 Å². The van der Waals surface area contributed by atoms with Crippen molar-refractivity contribution in [3.8, 4) is 0 Å². The molecular weight excluding hydrogens is 270 g/mol. The van der Waals surface area contributed by atoms with Crippen molar-refractivity contribution >= 4 is 17.7 Å². The molecule has 2 N–H and O–H groups in total. The summed E-state index contributed by atoms with van der Waals surface area (Å²) in [4.78, 5) is 37.6. The first-order valence-electron chi connectivity index (χ1n) is 7.64. The number of amides is 3. The van der Waals surface area contributed by atoms with E-state index in [1.54, 1.807) is 13.8 Å². The van der Waals surface area contributed by atoms with Crippen molar-refractivity contribution in [1.82, 2.24) is 15.5 Å². The molecule has 0 unspecified atom stereocenters. The van der Waals surface area contributed by atoms with E-state index >= 15 is 0 Å². The van der Waals surface area contributed by atoms with Crippen molar-refractivity contribution < 1.29 is 14.4 Å². The Morgan fingerprint density at radius 3 is 2.43 bits per heavy atom. The summed E-state index contributed by atoms with van der Waals surface area (Å²) in [7, 11) is 1.89. The number of nitrogens with zero attached hydrogens (tertiary/aromatic N) is 1. The number of piperazine rings is 1. The Morgan fingerprint density at radius 2 is 1.86 bits per heavy atom. The average Bonchev–Trinajstić information content (AvgIpc) is 2.44. The van der Waals surface area contributed by atoms with Crippen molar-refractivity contribution in [2.45, 2.75) is 63.5 Å². The SMILES string of the molecule is CNC1(CC(=O)N2CC(=O)NC(=O)C2(C)C)CCCCC1. The van der Waals surface area contributed by atoms with Crippen LogP contribution in [0, 0.1) is 0 Å². The highest BCUT2D eigenvalue weighted by Gasteiger charge is 2.45. The minimum atomic E-state index is -0.978. The fourth-order valence-electron chi connectivity index (χ4n) is 3.31. The summed E-state index contributed by atoms with van der Waals surface area (Å²) < 4.78 is 0. The zero-order valence-corrected chi connectivity index (χ0v) is 13.1. The monoisotopic (exact) mass is 295 g/mol. The van der Waals surface area contributed by atoms with Gasteiger partial charge in [-0.25, -0.2) is 0 Å². The predicted molar refractivity (Wildman–Crippen MR) is 78.4 cm³/mol. The van der Waals surface area contributed by atoms with Crippen molar-refractivity contribution in [2.75, 3.05) is 13.6 Å². The second kappa shape index (κ2) is 5.75. The quantitative estimate of drug-likeness (QED) is 0.746. The van der Waals surface area contributed by atoms with Crippen LogP contribution in [-0.2, 0) is 14.4 Å². The van der Waals surface area contributed by atoms with Crippen molar-refractivity contribution in [3.05, 3.63) is 0 Å². The van der Waals surface area contributed by atoms with Crippen LogP contribution in [0.25, 0.3) is 0 Å².